The Morgan fingerprint density at radius 3 is 2.94 bits per heavy atom. The minimum Gasteiger partial charge on any atom is -0.399 e. The van der Waals surface area contributed by atoms with E-state index < -0.39 is 0 Å². The van der Waals surface area contributed by atoms with Gasteiger partial charge < -0.3 is 11.1 Å². The maximum Gasteiger partial charge on any atom is 0.252 e. The molecule has 0 saturated heterocycles. The lowest BCUT2D eigenvalue weighted by Crippen LogP contribution is -2.35. The van der Waals surface area contributed by atoms with Crippen molar-refractivity contribution < 1.29 is 4.79 Å². The van der Waals surface area contributed by atoms with Crippen molar-refractivity contribution in [3.63, 3.8) is 0 Å². The zero-order valence-electron chi connectivity index (χ0n) is 9.45. The lowest BCUT2D eigenvalue weighted by atomic mass is 10.0. The summed E-state index contributed by atoms with van der Waals surface area (Å²) >= 11 is 3.37. The Labute approximate surface area is 109 Å². The molecule has 0 aromatic heterocycles. The number of allylic oxidation sites excluding steroid dienone is 1. The maximum atomic E-state index is 12.1. The van der Waals surface area contributed by atoms with Crippen molar-refractivity contribution in [3.8, 4) is 0 Å². The highest BCUT2D eigenvalue weighted by molar-refractivity contribution is 9.10. The van der Waals surface area contributed by atoms with Gasteiger partial charge in [-0.05, 0) is 53.4 Å². The first kappa shape index (κ1) is 12.2. The lowest BCUT2D eigenvalue weighted by Gasteiger charge is -2.19. The van der Waals surface area contributed by atoms with Crippen molar-refractivity contribution in [2.24, 2.45) is 0 Å². The van der Waals surface area contributed by atoms with Crippen molar-refractivity contribution in [3.05, 3.63) is 40.4 Å². The summed E-state index contributed by atoms with van der Waals surface area (Å²) in [6, 6.07) is 5.49. The van der Waals surface area contributed by atoms with Crippen molar-refractivity contribution in [1.29, 1.82) is 0 Å². The molecule has 0 fully saturated rings. The summed E-state index contributed by atoms with van der Waals surface area (Å²) in [6.07, 6.45) is 7.21. The molecule has 0 bridgehead atoms. The van der Waals surface area contributed by atoms with E-state index in [1.165, 1.54) is 0 Å². The van der Waals surface area contributed by atoms with Crippen LogP contribution in [0.3, 0.4) is 0 Å². The van der Waals surface area contributed by atoms with Gasteiger partial charge in [0.15, 0.2) is 0 Å². The number of nitrogen functional groups attached to an aromatic ring is 1. The number of benzene rings is 1. The van der Waals surface area contributed by atoms with Crippen LogP contribution in [-0.4, -0.2) is 11.9 Å². The van der Waals surface area contributed by atoms with Crippen LogP contribution < -0.4 is 11.1 Å². The van der Waals surface area contributed by atoms with Gasteiger partial charge in [-0.1, -0.05) is 12.2 Å². The average Bonchev–Trinajstić information content (AvgIpc) is 2.33. The van der Waals surface area contributed by atoms with E-state index in [4.69, 9.17) is 5.73 Å². The molecule has 17 heavy (non-hydrogen) atoms. The highest BCUT2D eigenvalue weighted by Gasteiger charge is 2.16. The first-order valence-electron chi connectivity index (χ1n) is 5.67. The minimum atomic E-state index is -0.0653. The highest BCUT2D eigenvalue weighted by atomic mass is 79.9. The third-order valence-electron chi connectivity index (χ3n) is 2.84. The van der Waals surface area contributed by atoms with Gasteiger partial charge in [-0.25, -0.2) is 0 Å². The smallest absolute Gasteiger partial charge is 0.252 e. The number of amides is 1. The van der Waals surface area contributed by atoms with Gasteiger partial charge in [0.05, 0.1) is 5.56 Å². The van der Waals surface area contributed by atoms with E-state index in [0.29, 0.717) is 11.3 Å². The summed E-state index contributed by atoms with van der Waals surface area (Å²) in [7, 11) is 0. The van der Waals surface area contributed by atoms with Crippen molar-refractivity contribution in [1.82, 2.24) is 5.32 Å². The van der Waals surface area contributed by atoms with E-state index in [2.05, 4.69) is 33.4 Å². The predicted octanol–water partition coefficient (Wildman–Crippen LogP) is 2.87. The molecule has 1 aliphatic rings. The second kappa shape index (κ2) is 5.36. The van der Waals surface area contributed by atoms with Crippen LogP contribution in [0.4, 0.5) is 5.69 Å². The molecule has 90 valence electrons. The van der Waals surface area contributed by atoms with E-state index in [-0.39, 0.29) is 11.9 Å². The maximum absolute atomic E-state index is 12.1. The fourth-order valence-corrected chi connectivity index (χ4v) is 2.33. The van der Waals surface area contributed by atoms with E-state index >= 15 is 0 Å². The van der Waals surface area contributed by atoms with Crippen LogP contribution in [0, 0.1) is 0 Å². The molecule has 0 aliphatic heterocycles. The first-order chi connectivity index (χ1) is 8.16. The molecule has 1 aromatic carbocycles. The molecule has 0 spiro atoms. The van der Waals surface area contributed by atoms with Gasteiger partial charge in [0, 0.05) is 16.2 Å². The normalized spacial score (nSPS) is 19.0. The number of carbonyl (C=O) groups is 1. The Morgan fingerprint density at radius 1 is 1.41 bits per heavy atom. The van der Waals surface area contributed by atoms with Crippen LogP contribution in [0.2, 0.25) is 0 Å². The second-order valence-corrected chi connectivity index (χ2v) is 5.05. The zero-order valence-corrected chi connectivity index (χ0v) is 11.0. The van der Waals surface area contributed by atoms with Crippen molar-refractivity contribution in [2.45, 2.75) is 25.3 Å². The molecule has 1 unspecified atom stereocenters. The standard InChI is InChI=1S/C13H15BrN2O/c14-12-7-6-9(15)8-11(12)13(17)16-10-4-2-1-3-5-10/h1-2,6-8,10H,3-5,15H2,(H,16,17). The van der Waals surface area contributed by atoms with E-state index in [1.807, 2.05) is 0 Å². The highest BCUT2D eigenvalue weighted by Crippen LogP contribution is 2.20. The Balaban J connectivity index is 2.08. The number of carbonyl (C=O) groups excluding carboxylic acids is 1. The average molecular weight is 295 g/mol. The number of nitrogens with two attached hydrogens (primary N) is 1. The molecule has 1 aromatic rings. The molecule has 0 saturated carbocycles. The Morgan fingerprint density at radius 2 is 2.24 bits per heavy atom. The molecule has 1 atom stereocenters. The van der Waals surface area contributed by atoms with E-state index in [0.717, 1.165) is 23.7 Å². The van der Waals surface area contributed by atoms with Crippen LogP contribution in [0.25, 0.3) is 0 Å². The summed E-state index contributed by atoms with van der Waals surface area (Å²) in [5, 5.41) is 3.03. The van der Waals surface area contributed by atoms with Gasteiger partial charge in [-0.3, -0.25) is 4.79 Å². The molecule has 4 heteroatoms. The molecule has 0 heterocycles. The van der Waals surface area contributed by atoms with Gasteiger partial charge in [0.25, 0.3) is 5.91 Å². The van der Waals surface area contributed by atoms with E-state index in [1.54, 1.807) is 18.2 Å². The third kappa shape index (κ3) is 3.09. The number of hydrogen-bond donors (Lipinski definition) is 2. The molecule has 3 N–H and O–H groups in total. The number of anilines is 1. The molecule has 0 radical (unpaired) electrons. The molecular formula is C13H15BrN2O. The number of nitrogens with one attached hydrogen (secondary N) is 1. The molecule has 2 rings (SSSR count). The topological polar surface area (TPSA) is 55.1 Å². The summed E-state index contributed by atoms with van der Waals surface area (Å²) in [6.45, 7) is 0. The van der Waals surface area contributed by atoms with Gasteiger partial charge in [0.2, 0.25) is 0 Å². The fourth-order valence-electron chi connectivity index (χ4n) is 1.90. The quantitative estimate of drug-likeness (QED) is 0.651. The van der Waals surface area contributed by atoms with Crippen LogP contribution in [0.15, 0.2) is 34.8 Å². The SMILES string of the molecule is Nc1ccc(Br)c(C(=O)NC2CC=CCC2)c1. The van der Waals surface area contributed by atoms with Crippen LogP contribution in [0.5, 0.6) is 0 Å². The molecule has 1 amide bonds. The molecular weight excluding hydrogens is 280 g/mol. The monoisotopic (exact) mass is 294 g/mol. The van der Waals surface area contributed by atoms with Gasteiger partial charge in [-0.15, -0.1) is 0 Å². The number of hydrogen-bond acceptors (Lipinski definition) is 2. The van der Waals surface area contributed by atoms with Gasteiger partial charge in [0.1, 0.15) is 0 Å². The zero-order chi connectivity index (χ0) is 12.3. The Bertz CT molecular complexity index is 457. The van der Waals surface area contributed by atoms with Crippen molar-refractivity contribution in [2.75, 3.05) is 5.73 Å². The summed E-state index contributed by atoms with van der Waals surface area (Å²) in [5.74, 6) is -0.0653. The summed E-state index contributed by atoms with van der Waals surface area (Å²) in [4.78, 5) is 12.1. The van der Waals surface area contributed by atoms with Crippen LogP contribution in [0.1, 0.15) is 29.6 Å². The fraction of sp³-hybridized carbons (Fsp3) is 0.308. The van der Waals surface area contributed by atoms with E-state index in [9.17, 15) is 4.79 Å². The van der Waals surface area contributed by atoms with Crippen LogP contribution >= 0.6 is 15.9 Å². The second-order valence-electron chi connectivity index (χ2n) is 4.19. The summed E-state index contributed by atoms with van der Waals surface area (Å²) in [5.41, 5.74) is 6.88. The Hall–Kier alpha value is -1.29. The van der Waals surface area contributed by atoms with Crippen molar-refractivity contribution >= 4 is 27.5 Å². The molecule has 3 nitrogen and oxygen atoms in total. The Kier molecular flexibility index (Phi) is 3.84. The first-order valence-corrected chi connectivity index (χ1v) is 6.47. The predicted molar refractivity (Wildman–Crippen MR) is 72.8 cm³/mol. The summed E-state index contributed by atoms with van der Waals surface area (Å²) < 4.78 is 0.774. The van der Waals surface area contributed by atoms with Gasteiger partial charge >= 0.3 is 0 Å². The largest absolute Gasteiger partial charge is 0.399 e. The lowest BCUT2D eigenvalue weighted by molar-refractivity contribution is 0.0934. The number of halogens is 1. The van der Waals surface area contributed by atoms with Crippen LogP contribution in [-0.2, 0) is 0 Å². The number of rotatable bonds is 2. The van der Waals surface area contributed by atoms with Gasteiger partial charge in [-0.2, -0.15) is 0 Å². The minimum absolute atomic E-state index is 0.0653. The third-order valence-corrected chi connectivity index (χ3v) is 3.53. The molecule has 1 aliphatic carbocycles.